The van der Waals surface area contributed by atoms with Crippen LogP contribution in [0.15, 0.2) is 58.9 Å². The molecule has 0 bridgehead atoms. The summed E-state index contributed by atoms with van der Waals surface area (Å²) in [6.07, 6.45) is 1.30. The minimum Gasteiger partial charge on any atom is -0.397 e. The van der Waals surface area contributed by atoms with E-state index in [-0.39, 0.29) is 22.9 Å². The Balaban J connectivity index is 1.77. The molecule has 28 heavy (non-hydrogen) atoms. The number of hydrogen-bond acceptors (Lipinski definition) is 7. The summed E-state index contributed by atoms with van der Waals surface area (Å²) in [5, 5.41) is 4.74. The fourth-order valence-electron chi connectivity index (χ4n) is 2.48. The minimum atomic E-state index is -3.00. The molecule has 0 fully saturated rings. The number of pyridine rings is 1. The van der Waals surface area contributed by atoms with E-state index in [2.05, 4.69) is 10.3 Å². The van der Waals surface area contributed by atoms with Gasteiger partial charge in [0.25, 0.3) is 5.91 Å². The third-order valence-electron chi connectivity index (χ3n) is 4.03. The maximum atomic E-state index is 12.5. The van der Waals surface area contributed by atoms with Gasteiger partial charge >= 0.3 is 0 Å². The van der Waals surface area contributed by atoms with Crippen LogP contribution in [0.5, 0.6) is 0 Å². The molecule has 4 N–H and O–H groups in total. The van der Waals surface area contributed by atoms with E-state index < -0.39 is 15.6 Å². The van der Waals surface area contributed by atoms with Gasteiger partial charge in [-0.2, -0.15) is 0 Å². The number of carbonyl (C=O) groups is 1. The van der Waals surface area contributed by atoms with Gasteiger partial charge in [-0.05, 0) is 41.3 Å². The van der Waals surface area contributed by atoms with Crippen molar-refractivity contribution in [1.82, 2.24) is 4.98 Å². The van der Waals surface area contributed by atoms with Crippen molar-refractivity contribution in [2.24, 2.45) is 0 Å². The van der Waals surface area contributed by atoms with Crippen LogP contribution in [-0.2, 0) is 14.5 Å². The van der Waals surface area contributed by atoms with E-state index in [1.165, 1.54) is 25.4 Å². The number of nitrogens with two attached hydrogens (primary N) is 1. The van der Waals surface area contributed by atoms with Crippen molar-refractivity contribution in [3.05, 3.63) is 59.7 Å². The fraction of sp³-hybridized carbons (Fsp3) is 0.158. The number of carbonyl (C=O) groups excluding carboxylic acids is 1. The number of nitrogen functional groups attached to an aromatic ring is 1. The molecule has 9 heteroatoms. The number of nitrogens with one attached hydrogen (secondary N) is 2. The van der Waals surface area contributed by atoms with E-state index in [1.807, 2.05) is 29.6 Å². The lowest BCUT2D eigenvalue weighted by Gasteiger charge is -2.11. The van der Waals surface area contributed by atoms with Crippen LogP contribution < -0.4 is 11.1 Å². The van der Waals surface area contributed by atoms with Crippen LogP contribution in [0, 0.1) is 4.78 Å². The SMILES string of the molecule is COCCS(=N)(=O)c1ccc(C(=O)Nc2cc(-c3cccs3)ccc2N)nc1. The molecular weight excluding hydrogens is 396 g/mol. The van der Waals surface area contributed by atoms with Crippen LogP contribution in [0.1, 0.15) is 10.5 Å². The summed E-state index contributed by atoms with van der Waals surface area (Å²) in [5.41, 5.74) is 8.02. The summed E-state index contributed by atoms with van der Waals surface area (Å²) in [5.74, 6) is -0.363. The van der Waals surface area contributed by atoms with Crippen LogP contribution in [0.3, 0.4) is 0 Å². The highest BCUT2D eigenvalue weighted by molar-refractivity contribution is 7.92. The van der Waals surface area contributed by atoms with Crippen molar-refractivity contribution >= 4 is 38.3 Å². The Morgan fingerprint density at radius 3 is 2.79 bits per heavy atom. The molecule has 2 heterocycles. The monoisotopic (exact) mass is 416 g/mol. The van der Waals surface area contributed by atoms with Gasteiger partial charge in [-0.25, -0.2) is 14.0 Å². The smallest absolute Gasteiger partial charge is 0.274 e. The van der Waals surface area contributed by atoms with E-state index in [0.717, 1.165) is 10.4 Å². The molecule has 7 nitrogen and oxygen atoms in total. The first kappa shape index (κ1) is 20.0. The van der Waals surface area contributed by atoms with Crippen molar-refractivity contribution in [2.45, 2.75) is 4.90 Å². The number of rotatable bonds is 7. The third kappa shape index (κ3) is 4.56. The molecule has 0 saturated heterocycles. The van der Waals surface area contributed by atoms with E-state index in [9.17, 15) is 9.00 Å². The number of anilines is 2. The Bertz CT molecular complexity index is 1060. The maximum Gasteiger partial charge on any atom is 0.274 e. The zero-order valence-electron chi connectivity index (χ0n) is 15.2. The first-order valence-electron chi connectivity index (χ1n) is 8.37. The highest BCUT2D eigenvalue weighted by Crippen LogP contribution is 2.30. The van der Waals surface area contributed by atoms with Crippen LogP contribution in [-0.4, -0.2) is 34.6 Å². The number of amides is 1. The van der Waals surface area contributed by atoms with Gasteiger partial charge in [0, 0.05) is 18.2 Å². The molecule has 0 aliphatic rings. The summed E-state index contributed by atoms with van der Waals surface area (Å²) < 4.78 is 25.2. The number of aromatic nitrogens is 1. The molecule has 3 aromatic rings. The van der Waals surface area contributed by atoms with E-state index in [0.29, 0.717) is 11.4 Å². The molecule has 146 valence electrons. The Kier molecular flexibility index (Phi) is 6.08. The van der Waals surface area contributed by atoms with Gasteiger partial charge in [0.15, 0.2) is 0 Å². The maximum absolute atomic E-state index is 12.5. The number of hydrogen-bond donors (Lipinski definition) is 3. The zero-order valence-corrected chi connectivity index (χ0v) is 16.8. The van der Waals surface area contributed by atoms with Crippen molar-refractivity contribution in [3.8, 4) is 10.4 Å². The van der Waals surface area contributed by atoms with Gasteiger partial charge in [0.1, 0.15) is 5.69 Å². The Labute approximate surface area is 167 Å². The molecule has 1 aromatic carbocycles. The predicted molar refractivity (Wildman–Crippen MR) is 112 cm³/mol. The van der Waals surface area contributed by atoms with Crippen LogP contribution in [0.4, 0.5) is 11.4 Å². The van der Waals surface area contributed by atoms with Crippen molar-refractivity contribution in [1.29, 1.82) is 4.78 Å². The summed E-state index contributed by atoms with van der Waals surface area (Å²) >= 11 is 1.60. The number of thiophene rings is 1. The molecule has 2 aromatic heterocycles. The lowest BCUT2D eigenvalue weighted by atomic mass is 10.1. The molecule has 0 spiro atoms. The van der Waals surface area contributed by atoms with Gasteiger partial charge in [0.05, 0.1) is 38.4 Å². The normalized spacial score (nSPS) is 13.0. The Morgan fingerprint density at radius 2 is 2.14 bits per heavy atom. The van der Waals surface area contributed by atoms with Crippen molar-refractivity contribution < 1.29 is 13.7 Å². The van der Waals surface area contributed by atoms with Crippen molar-refractivity contribution in [2.75, 3.05) is 30.5 Å². The van der Waals surface area contributed by atoms with Gasteiger partial charge in [-0.1, -0.05) is 12.1 Å². The first-order valence-corrected chi connectivity index (χ1v) is 11.0. The van der Waals surface area contributed by atoms with E-state index in [4.69, 9.17) is 15.3 Å². The molecule has 0 aliphatic carbocycles. The largest absolute Gasteiger partial charge is 0.397 e. The summed E-state index contributed by atoms with van der Waals surface area (Å²) in [7, 11) is -1.51. The lowest BCUT2D eigenvalue weighted by molar-refractivity contribution is 0.102. The van der Waals surface area contributed by atoms with Gasteiger partial charge in [-0.15, -0.1) is 11.3 Å². The summed E-state index contributed by atoms with van der Waals surface area (Å²) in [6, 6.07) is 12.3. The topological polar surface area (TPSA) is 118 Å². The second kappa shape index (κ2) is 8.51. The molecule has 0 radical (unpaired) electrons. The predicted octanol–water partition coefficient (Wildman–Crippen LogP) is 3.70. The van der Waals surface area contributed by atoms with E-state index >= 15 is 0 Å². The van der Waals surface area contributed by atoms with Crippen LogP contribution in [0.2, 0.25) is 0 Å². The number of ether oxygens (including phenoxy) is 1. The number of nitrogens with zero attached hydrogens (tertiary/aromatic N) is 1. The number of benzene rings is 1. The standard InChI is InChI=1S/C19H20N4O3S2/c1-26-8-10-28(21,25)14-5-7-16(22-12-14)19(24)23-17-11-13(4-6-15(17)20)18-3-2-9-27-18/h2-7,9,11-12,21H,8,10,20H2,1H3,(H,23,24). The van der Waals surface area contributed by atoms with Crippen molar-refractivity contribution in [3.63, 3.8) is 0 Å². The summed E-state index contributed by atoms with van der Waals surface area (Å²) in [4.78, 5) is 17.9. The quantitative estimate of drug-likeness (QED) is 0.508. The molecule has 1 unspecified atom stereocenters. The molecule has 3 rings (SSSR count). The van der Waals surface area contributed by atoms with Gasteiger partial charge in [0.2, 0.25) is 0 Å². The van der Waals surface area contributed by atoms with Gasteiger partial charge in [-0.3, -0.25) is 4.79 Å². The molecular formula is C19H20N4O3S2. The number of methoxy groups -OCH3 is 1. The molecule has 0 saturated carbocycles. The zero-order chi connectivity index (χ0) is 20.1. The van der Waals surface area contributed by atoms with Crippen LogP contribution in [0.25, 0.3) is 10.4 Å². The Morgan fingerprint density at radius 1 is 1.32 bits per heavy atom. The molecule has 1 amide bonds. The fourth-order valence-corrected chi connectivity index (χ4v) is 4.35. The second-order valence-corrected chi connectivity index (χ2v) is 9.16. The van der Waals surface area contributed by atoms with Gasteiger partial charge < -0.3 is 15.8 Å². The minimum absolute atomic E-state index is 0.0722. The average molecular weight is 417 g/mol. The van der Waals surface area contributed by atoms with Crippen LogP contribution >= 0.6 is 11.3 Å². The molecule has 1 atom stereocenters. The Hall–Kier alpha value is -2.75. The van der Waals surface area contributed by atoms with E-state index in [1.54, 1.807) is 17.4 Å². The second-order valence-electron chi connectivity index (χ2n) is 5.98. The molecule has 0 aliphatic heterocycles. The third-order valence-corrected chi connectivity index (χ3v) is 6.70. The average Bonchev–Trinajstić information content (AvgIpc) is 3.23. The highest BCUT2D eigenvalue weighted by atomic mass is 32.2. The lowest BCUT2D eigenvalue weighted by Crippen LogP contribution is -2.16. The highest BCUT2D eigenvalue weighted by Gasteiger charge is 2.14. The summed E-state index contributed by atoms with van der Waals surface area (Å²) in [6.45, 7) is 0.213. The first-order chi connectivity index (χ1) is 13.4.